The molecular weight excluding hydrogens is 218 g/mol. The van der Waals surface area contributed by atoms with Crippen LogP contribution < -0.4 is 16.5 Å². The second-order valence-electron chi connectivity index (χ2n) is 4.46. The highest BCUT2D eigenvalue weighted by Gasteiger charge is 2.15. The summed E-state index contributed by atoms with van der Waals surface area (Å²) in [5.74, 6) is 0.0702. The predicted molar refractivity (Wildman–Crippen MR) is 66.8 cm³/mol. The number of hydrogen-bond acceptors (Lipinski definition) is 3. The summed E-state index contributed by atoms with van der Waals surface area (Å²) < 4.78 is 0. The number of carbonyl (C=O) groups is 1. The zero-order chi connectivity index (χ0) is 12.8. The lowest BCUT2D eigenvalue weighted by atomic mass is 10.0. The average Bonchev–Trinajstić information content (AvgIpc) is 2.27. The second-order valence-corrected chi connectivity index (χ2v) is 4.46. The SMILES string of the molecule is CC(C)CC(CN)NC(=O)c1c[nH]ccc1=O. The molecule has 1 aromatic heterocycles. The lowest BCUT2D eigenvalue weighted by Gasteiger charge is -2.18. The molecule has 1 unspecified atom stereocenters. The Morgan fingerprint density at radius 3 is 2.76 bits per heavy atom. The van der Waals surface area contributed by atoms with Gasteiger partial charge in [-0.15, -0.1) is 0 Å². The molecule has 1 aromatic rings. The number of pyridine rings is 1. The fraction of sp³-hybridized carbons (Fsp3) is 0.500. The molecule has 0 saturated carbocycles. The highest BCUT2D eigenvalue weighted by molar-refractivity contribution is 5.93. The molecule has 5 nitrogen and oxygen atoms in total. The van der Waals surface area contributed by atoms with Gasteiger partial charge in [0.2, 0.25) is 0 Å². The standard InChI is InChI=1S/C12H19N3O2/c1-8(2)5-9(6-13)15-12(17)10-7-14-4-3-11(10)16/h3-4,7-9H,5-6,13H2,1-2H3,(H,14,16)(H,15,17). The van der Waals surface area contributed by atoms with Crippen molar-refractivity contribution >= 4 is 5.91 Å². The number of aromatic amines is 1. The zero-order valence-corrected chi connectivity index (χ0v) is 10.2. The minimum absolute atomic E-state index is 0.0953. The number of amides is 1. The van der Waals surface area contributed by atoms with E-state index in [0.717, 1.165) is 6.42 Å². The predicted octanol–water partition coefficient (Wildman–Crippen LogP) is 0.478. The van der Waals surface area contributed by atoms with Gasteiger partial charge in [-0.1, -0.05) is 13.8 Å². The van der Waals surface area contributed by atoms with Crippen molar-refractivity contribution in [2.75, 3.05) is 6.54 Å². The van der Waals surface area contributed by atoms with E-state index in [1.807, 2.05) is 0 Å². The van der Waals surface area contributed by atoms with Gasteiger partial charge in [-0.05, 0) is 12.3 Å². The summed E-state index contributed by atoms with van der Waals surface area (Å²) in [5.41, 5.74) is 5.41. The van der Waals surface area contributed by atoms with E-state index in [2.05, 4.69) is 24.1 Å². The Hall–Kier alpha value is -1.62. The maximum Gasteiger partial charge on any atom is 0.257 e. The molecule has 0 radical (unpaired) electrons. The second kappa shape index (κ2) is 6.20. The third-order valence-corrected chi connectivity index (χ3v) is 2.44. The van der Waals surface area contributed by atoms with Crippen LogP contribution in [0, 0.1) is 5.92 Å². The van der Waals surface area contributed by atoms with E-state index in [-0.39, 0.29) is 22.9 Å². The van der Waals surface area contributed by atoms with Gasteiger partial charge in [0.1, 0.15) is 5.56 Å². The van der Waals surface area contributed by atoms with Crippen molar-refractivity contribution in [2.45, 2.75) is 26.3 Å². The van der Waals surface area contributed by atoms with E-state index in [9.17, 15) is 9.59 Å². The van der Waals surface area contributed by atoms with Gasteiger partial charge in [0.05, 0.1) is 0 Å². The zero-order valence-electron chi connectivity index (χ0n) is 10.2. The lowest BCUT2D eigenvalue weighted by Crippen LogP contribution is -2.42. The van der Waals surface area contributed by atoms with Crippen LogP contribution >= 0.6 is 0 Å². The first-order valence-corrected chi connectivity index (χ1v) is 5.72. The fourth-order valence-corrected chi connectivity index (χ4v) is 1.64. The first-order chi connectivity index (χ1) is 8.04. The number of hydrogen-bond donors (Lipinski definition) is 3. The molecule has 0 aliphatic carbocycles. The number of carbonyl (C=O) groups excluding carboxylic acids is 1. The first kappa shape index (κ1) is 13.4. The van der Waals surface area contributed by atoms with E-state index < -0.39 is 0 Å². The van der Waals surface area contributed by atoms with Crippen molar-refractivity contribution < 1.29 is 4.79 Å². The Kier molecular flexibility index (Phi) is 4.90. The molecule has 17 heavy (non-hydrogen) atoms. The molecular formula is C12H19N3O2. The number of aromatic nitrogens is 1. The molecule has 0 aliphatic heterocycles. The Bertz CT molecular complexity index is 426. The van der Waals surface area contributed by atoms with Crippen LogP contribution in [0.15, 0.2) is 23.3 Å². The molecule has 4 N–H and O–H groups in total. The normalized spacial score (nSPS) is 12.5. The van der Waals surface area contributed by atoms with Gasteiger partial charge in [0, 0.05) is 31.0 Å². The van der Waals surface area contributed by atoms with Gasteiger partial charge in [0.15, 0.2) is 5.43 Å². The smallest absolute Gasteiger partial charge is 0.257 e. The molecule has 1 rings (SSSR count). The molecule has 1 heterocycles. The number of H-pyrrole nitrogens is 1. The molecule has 1 amide bonds. The van der Waals surface area contributed by atoms with Crippen molar-refractivity contribution in [1.29, 1.82) is 0 Å². The quantitative estimate of drug-likeness (QED) is 0.696. The Morgan fingerprint density at radius 1 is 1.53 bits per heavy atom. The van der Waals surface area contributed by atoms with Gasteiger partial charge in [-0.2, -0.15) is 0 Å². The Morgan fingerprint density at radius 2 is 2.24 bits per heavy atom. The third-order valence-electron chi connectivity index (χ3n) is 2.44. The Balaban J connectivity index is 2.71. The highest BCUT2D eigenvalue weighted by atomic mass is 16.2. The number of rotatable bonds is 5. The average molecular weight is 237 g/mol. The van der Waals surface area contributed by atoms with Crippen LogP contribution in [0.2, 0.25) is 0 Å². The number of nitrogens with one attached hydrogen (secondary N) is 2. The summed E-state index contributed by atoms with van der Waals surface area (Å²) in [6, 6.07) is 1.23. The van der Waals surface area contributed by atoms with Crippen LogP contribution in [-0.4, -0.2) is 23.5 Å². The maximum atomic E-state index is 11.8. The summed E-state index contributed by atoms with van der Waals surface area (Å²) in [7, 11) is 0. The number of nitrogens with two attached hydrogens (primary N) is 1. The Labute approximate surface area is 100 Å². The summed E-state index contributed by atoms with van der Waals surface area (Å²) in [6.07, 6.45) is 3.70. The van der Waals surface area contributed by atoms with Gasteiger partial charge < -0.3 is 16.0 Å². The molecule has 5 heteroatoms. The molecule has 0 aromatic carbocycles. The monoisotopic (exact) mass is 237 g/mol. The summed E-state index contributed by atoms with van der Waals surface area (Å²) in [6.45, 7) is 4.49. The third kappa shape index (κ3) is 4.03. The highest BCUT2D eigenvalue weighted by Crippen LogP contribution is 2.04. The molecule has 0 bridgehead atoms. The van der Waals surface area contributed by atoms with E-state index in [1.165, 1.54) is 18.5 Å². The lowest BCUT2D eigenvalue weighted by molar-refractivity contribution is 0.0932. The van der Waals surface area contributed by atoms with Crippen LogP contribution in [0.1, 0.15) is 30.6 Å². The van der Waals surface area contributed by atoms with Crippen molar-refractivity contribution in [2.24, 2.45) is 11.7 Å². The molecule has 94 valence electrons. The largest absolute Gasteiger partial charge is 0.367 e. The maximum absolute atomic E-state index is 11.8. The van der Waals surface area contributed by atoms with Gasteiger partial charge in [-0.3, -0.25) is 9.59 Å². The molecule has 0 fully saturated rings. The molecule has 0 spiro atoms. The van der Waals surface area contributed by atoms with Crippen LogP contribution in [0.3, 0.4) is 0 Å². The minimum atomic E-state index is -0.372. The molecule has 0 saturated heterocycles. The molecule has 1 atom stereocenters. The van der Waals surface area contributed by atoms with Crippen LogP contribution in [0.25, 0.3) is 0 Å². The van der Waals surface area contributed by atoms with Crippen molar-refractivity contribution in [3.63, 3.8) is 0 Å². The van der Waals surface area contributed by atoms with Crippen LogP contribution in [0.4, 0.5) is 0 Å². The summed E-state index contributed by atoms with van der Waals surface area (Å²) in [4.78, 5) is 26.0. The summed E-state index contributed by atoms with van der Waals surface area (Å²) in [5, 5.41) is 2.77. The van der Waals surface area contributed by atoms with E-state index >= 15 is 0 Å². The summed E-state index contributed by atoms with van der Waals surface area (Å²) >= 11 is 0. The van der Waals surface area contributed by atoms with E-state index in [1.54, 1.807) is 0 Å². The van der Waals surface area contributed by atoms with Gasteiger partial charge in [0.25, 0.3) is 5.91 Å². The van der Waals surface area contributed by atoms with Crippen LogP contribution in [-0.2, 0) is 0 Å². The van der Waals surface area contributed by atoms with Crippen molar-refractivity contribution in [3.05, 3.63) is 34.2 Å². The van der Waals surface area contributed by atoms with Crippen LogP contribution in [0.5, 0.6) is 0 Å². The van der Waals surface area contributed by atoms with Crippen molar-refractivity contribution in [3.8, 4) is 0 Å². The minimum Gasteiger partial charge on any atom is -0.367 e. The fourth-order valence-electron chi connectivity index (χ4n) is 1.64. The molecule has 0 aliphatic rings. The van der Waals surface area contributed by atoms with Gasteiger partial charge in [-0.25, -0.2) is 0 Å². The van der Waals surface area contributed by atoms with E-state index in [0.29, 0.717) is 12.5 Å². The van der Waals surface area contributed by atoms with E-state index in [4.69, 9.17) is 5.73 Å². The van der Waals surface area contributed by atoms with Crippen molar-refractivity contribution in [1.82, 2.24) is 10.3 Å². The topological polar surface area (TPSA) is 88.0 Å². The van der Waals surface area contributed by atoms with Gasteiger partial charge >= 0.3 is 0 Å². The first-order valence-electron chi connectivity index (χ1n) is 5.72.